The zero-order valence-corrected chi connectivity index (χ0v) is 23.4. The maximum Gasteiger partial charge on any atom is 0.271 e. The average molecular weight is 590 g/mol. The number of rotatable bonds is 13. The summed E-state index contributed by atoms with van der Waals surface area (Å²) in [6.07, 6.45) is 2.36. The number of hydrazone groups is 1. The van der Waals surface area contributed by atoms with Crippen molar-refractivity contribution >= 4 is 39.7 Å². The fourth-order valence-corrected chi connectivity index (χ4v) is 3.82. The van der Waals surface area contributed by atoms with Crippen molar-refractivity contribution in [2.45, 2.75) is 33.8 Å². The molecule has 0 radical (unpaired) electrons. The van der Waals surface area contributed by atoms with Gasteiger partial charge in [-0.15, -0.1) is 0 Å². The summed E-state index contributed by atoms with van der Waals surface area (Å²) in [5.41, 5.74) is 4.56. The molecule has 0 saturated heterocycles. The van der Waals surface area contributed by atoms with Gasteiger partial charge in [0.05, 0.1) is 31.1 Å². The predicted molar refractivity (Wildman–Crippen MR) is 150 cm³/mol. The maximum atomic E-state index is 12.7. The number of amides is 1. The molecule has 3 rings (SSSR count). The minimum atomic E-state index is -0.384. The molecular weight excluding hydrogens is 560 g/mol. The van der Waals surface area contributed by atoms with Crippen LogP contribution in [-0.2, 0) is 6.61 Å². The highest BCUT2D eigenvalue weighted by Gasteiger charge is 2.14. The smallest absolute Gasteiger partial charge is 0.271 e. The van der Waals surface area contributed by atoms with Gasteiger partial charge in [0.1, 0.15) is 6.61 Å². The normalized spacial score (nSPS) is 10.8. The van der Waals surface area contributed by atoms with Gasteiger partial charge in [0.2, 0.25) is 0 Å². The largest absolute Gasteiger partial charge is 0.490 e. The molecule has 0 aliphatic heterocycles. The van der Waals surface area contributed by atoms with E-state index in [2.05, 4.69) is 26.5 Å². The molecule has 0 bridgehead atoms. The van der Waals surface area contributed by atoms with Gasteiger partial charge in [-0.25, -0.2) is 5.43 Å². The van der Waals surface area contributed by atoms with Crippen molar-refractivity contribution < 1.29 is 23.7 Å². The van der Waals surface area contributed by atoms with Gasteiger partial charge in [0, 0.05) is 10.0 Å². The number of hydrogen-bond acceptors (Lipinski definition) is 6. The number of nitrogens with zero attached hydrogens (tertiary/aromatic N) is 1. The lowest BCUT2D eigenvalue weighted by atomic mass is 10.2. The molecule has 0 atom stereocenters. The quantitative estimate of drug-likeness (QED) is 0.171. The van der Waals surface area contributed by atoms with Crippen LogP contribution < -0.4 is 24.4 Å². The second kappa shape index (κ2) is 14.5. The van der Waals surface area contributed by atoms with E-state index in [1.165, 1.54) is 6.21 Å². The molecule has 0 unspecified atom stereocenters. The van der Waals surface area contributed by atoms with Gasteiger partial charge in [-0.2, -0.15) is 5.10 Å². The van der Waals surface area contributed by atoms with Crippen LogP contribution >= 0.6 is 27.5 Å². The van der Waals surface area contributed by atoms with Crippen LogP contribution in [0.15, 0.2) is 64.2 Å². The van der Waals surface area contributed by atoms with Crippen molar-refractivity contribution in [3.8, 4) is 23.0 Å². The highest BCUT2D eigenvalue weighted by atomic mass is 79.9. The standard InChI is InChI=1S/C28H30BrClN2O5/c1-4-13-36-24-12-9-21(16-25(24)34-5-2)28(33)32-31-17-20-14-23(30)27(26(15-20)35-6-3)37-18-19-7-10-22(29)11-8-19/h7-12,14-17H,4-6,13,18H2,1-3H3,(H,32,33)/b31-17+. The number of nitrogens with one attached hydrogen (secondary N) is 1. The lowest BCUT2D eigenvalue weighted by Crippen LogP contribution is -2.17. The average Bonchev–Trinajstić information content (AvgIpc) is 2.88. The summed E-state index contributed by atoms with van der Waals surface area (Å²) in [4.78, 5) is 12.7. The summed E-state index contributed by atoms with van der Waals surface area (Å²) in [5.74, 6) is 1.67. The lowest BCUT2D eigenvalue weighted by Gasteiger charge is -2.14. The first-order chi connectivity index (χ1) is 17.9. The first-order valence-electron chi connectivity index (χ1n) is 12.0. The zero-order valence-electron chi connectivity index (χ0n) is 21.1. The summed E-state index contributed by atoms with van der Waals surface area (Å²) in [5, 5.41) is 4.46. The molecule has 3 aromatic rings. The van der Waals surface area contributed by atoms with Crippen molar-refractivity contribution in [1.82, 2.24) is 5.43 Å². The number of benzene rings is 3. The van der Waals surface area contributed by atoms with Crippen LogP contribution in [0.4, 0.5) is 0 Å². The highest BCUT2D eigenvalue weighted by Crippen LogP contribution is 2.37. The van der Waals surface area contributed by atoms with Crippen molar-refractivity contribution in [1.29, 1.82) is 0 Å². The Morgan fingerprint density at radius 2 is 1.65 bits per heavy atom. The fourth-order valence-electron chi connectivity index (χ4n) is 3.28. The molecule has 0 spiro atoms. The molecule has 3 aromatic carbocycles. The zero-order chi connectivity index (χ0) is 26.6. The van der Waals surface area contributed by atoms with E-state index in [1.807, 2.05) is 45.0 Å². The Labute approximate surface area is 230 Å². The maximum absolute atomic E-state index is 12.7. The molecule has 7 nitrogen and oxygen atoms in total. The Balaban J connectivity index is 1.70. The molecule has 1 amide bonds. The Morgan fingerprint density at radius 1 is 0.919 bits per heavy atom. The SMILES string of the molecule is CCCOc1ccc(C(=O)N/N=C/c2cc(Cl)c(OCc3ccc(Br)cc3)c(OCC)c2)cc1OCC. The van der Waals surface area contributed by atoms with E-state index in [-0.39, 0.29) is 5.91 Å². The lowest BCUT2D eigenvalue weighted by molar-refractivity contribution is 0.0954. The minimum absolute atomic E-state index is 0.336. The summed E-state index contributed by atoms with van der Waals surface area (Å²) < 4.78 is 24.0. The Hall–Kier alpha value is -3.23. The third-order valence-corrected chi connectivity index (χ3v) is 5.78. The summed E-state index contributed by atoms with van der Waals surface area (Å²) in [6.45, 7) is 7.57. The van der Waals surface area contributed by atoms with Crippen molar-refractivity contribution in [2.75, 3.05) is 19.8 Å². The van der Waals surface area contributed by atoms with E-state index in [0.717, 1.165) is 16.5 Å². The van der Waals surface area contributed by atoms with E-state index >= 15 is 0 Å². The van der Waals surface area contributed by atoms with Crippen LogP contribution in [0.2, 0.25) is 5.02 Å². The molecule has 0 heterocycles. The van der Waals surface area contributed by atoms with E-state index in [0.29, 0.717) is 65.6 Å². The minimum Gasteiger partial charge on any atom is -0.490 e. The van der Waals surface area contributed by atoms with Gasteiger partial charge >= 0.3 is 0 Å². The van der Waals surface area contributed by atoms with Crippen molar-refractivity contribution in [3.05, 3.63) is 80.8 Å². The van der Waals surface area contributed by atoms with E-state index in [4.69, 9.17) is 30.5 Å². The Kier molecular flexibility index (Phi) is 11.1. The van der Waals surface area contributed by atoms with Crippen LogP contribution in [0.5, 0.6) is 23.0 Å². The van der Waals surface area contributed by atoms with Crippen molar-refractivity contribution in [2.24, 2.45) is 5.10 Å². The van der Waals surface area contributed by atoms with Crippen LogP contribution in [-0.4, -0.2) is 31.9 Å². The van der Waals surface area contributed by atoms with Crippen LogP contribution in [0.1, 0.15) is 48.7 Å². The van der Waals surface area contributed by atoms with Gasteiger partial charge in [-0.1, -0.05) is 46.6 Å². The van der Waals surface area contributed by atoms with Gasteiger partial charge in [-0.05, 0) is 73.9 Å². The molecule has 37 heavy (non-hydrogen) atoms. The molecule has 0 saturated carbocycles. The molecule has 0 fully saturated rings. The van der Waals surface area contributed by atoms with Crippen LogP contribution in [0.3, 0.4) is 0 Å². The summed E-state index contributed by atoms with van der Waals surface area (Å²) in [7, 11) is 0. The summed E-state index contributed by atoms with van der Waals surface area (Å²) in [6, 6.07) is 16.3. The van der Waals surface area contributed by atoms with Crippen LogP contribution in [0.25, 0.3) is 0 Å². The molecule has 1 N–H and O–H groups in total. The molecule has 0 aliphatic rings. The number of carbonyl (C=O) groups is 1. The monoisotopic (exact) mass is 588 g/mol. The van der Waals surface area contributed by atoms with E-state index in [9.17, 15) is 4.79 Å². The van der Waals surface area contributed by atoms with Crippen molar-refractivity contribution in [3.63, 3.8) is 0 Å². The number of carbonyl (C=O) groups excluding carboxylic acids is 1. The molecule has 196 valence electrons. The molecular formula is C28H30BrClN2O5. The molecule has 0 aromatic heterocycles. The van der Waals surface area contributed by atoms with E-state index < -0.39 is 0 Å². The third kappa shape index (κ3) is 8.40. The second-order valence-electron chi connectivity index (χ2n) is 7.82. The Morgan fingerprint density at radius 3 is 2.35 bits per heavy atom. The topological polar surface area (TPSA) is 78.4 Å². The fraction of sp³-hybridized carbons (Fsp3) is 0.286. The van der Waals surface area contributed by atoms with Gasteiger partial charge in [0.25, 0.3) is 5.91 Å². The number of halogens is 2. The first kappa shape index (κ1) is 28.3. The predicted octanol–water partition coefficient (Wildman–Crippen LogP) is 7.03. The van der Waals surface area contributed by atoms with Gasteiger partial charge < -0.3 is 18.9 Å². The first-order valence-corrected chi connectivity index (χ1v) is 13.2. The molecule has 9 heteroatoms. The summed E-state index contributed by atoms with van der Waals surface area (Å²) >= 11 is 9.93. The van der Waals surface area contributed by atoms with Gasteiger partial charge in [0.15, 0.2) is 23.0 Å². The highest BCUT2D eigenvalue weighted by molar-refractivity contribution is 9.10. The Bertz CT molecular complexity index is 1220. The third-order valence-electron chi connectivity index (χ3n) is 4.98. The number of hydrogen-bond donors (Lipinski definition) is 1. The second-order valence-corrected chi connectivity index (χ2v) is 9.14. The molecule has 0 aliphatic carbocycles. The van der Waals surface area contributed by atoms with E-state index in [1.54, 1.807) is 30.3 Å². The van der Waals surface area contributed by atoms with Gasteiger partial charge in [-0.3, -0.25) is 4.79 Å². The number of ether oxygens (including phenoxy) is 4. The van der Waals surface area contributed by atoms with Crippen LogP contribution in [0, 0.1) is 0 Å².